The van der Waals surface area contributed by atoms with Crippen molar-refractivity contribution in [3.05, 3.63) is 65.8 Å². The Balaban J connectivity index is 1.60. The SMILES string of the molecule is CCC(=O)N1CCN(S(=O)(=O)N(Cc2ccc(-c3nnc(C(F)(F)F)o3)cc2F)c2ccccc2)CC1. The number of amides is 1. The second kappa shape index (κ2) is 10.5. The first-order valence-corrected chi connectivity index (χ1v) is 12.7. The molecule has 1 aromatic heterocycles. The van der Waals surface area contributed by atoms with Gasteiger partial charge in [0.2, 0.25) is 11.8 Å². The zero-order valence-electron chi connectivity index (χ0n) is 19.7. The van der Waals surface area contributed by atoms with E-state index in [4.69, 9.17) is 0 Å². The maximum atomic E-state index is 15.1. The largest absolute Gasteiger partial charge is 0.470 e. The Morgan fingerprint density at radius 3 is 2.30 bits per heavy atom. The van der Waals surface area contributed by atoms with Crippen molar-refractivity contribution in [1.29, 1.82) is 0 Å². The van der Waals surface area contributed by atoms with Crippen molar-refractivity contribution in [2.24, 2.45) is 0 Å². The molecule has 14 heteroatoms. The van der Waals surface area contributed by atoms with E-state index >= 15 is 4.39 Å². The van der Waals surface area contributed by atoms with Gasteiger partial charge in [0.1, 0.15) is 5.82 Å². The standard InChI is InChI=1S/C23H23F4N5O4S/c1-2-20(33)30-10-12-31(13-11-30)37(34,35)32(18-6-4-3-5-7-18)15-17-9-8-16(14-19(17)24)21-28-29-22(36-21)23(25,26)27/h3-9,14H,2,10-13,15H2,1H3. The minimum Gasteiger partial charge on any atom is -0.413 e. The number of hydrogen-bond donors (Lipinski definition) is 0. The fourth-order valence-electron chi connectivity index (χ4n) is 3.85. The number of carbonyl (C=O) groups is 1. The number of alkyl halides is 3. The van der Waals surface area contributed by atoms with E-state index in [0.29, 0.717) is 12.1 Å². The van der Waals surface area contributed by atoms with Crippen LogP contribution >= 0.6 is 0 Å². The van der Waals surface area contributed by atoms with Crippen LogP contribution in [0.15, 0.2) is 52.9 Å². The van der Waals surface area contributed by atoms with Crippen LogP contribution in [-0.4, -0.2) is 59.9 Å². The van der Waals surface area contributed by atoms with Gasteiger partial charge in [-0.1, -0.05) is 31.2 Å². The third-order valence-electron chi connectivity index (χ3n) is 5.82. The van der Waals surface area contributed by atoms with E-state index in [0.717, 1.165) is 10.4 Å². The highest BCUT2D eigenvalue weighted by Crippen LogP contribution is 2.31. The Kier molecular flexibility index (Phi) is 7.50. The molecule has 0 N–H and O–H groups in total. The minimum atomic E-state index is -4.84. The molecule has 1 saturated heterocycles. The van der Waals surface area contributed by atoms with E-state index in [2.05, 4.69) is 14.6 Å². The van der Waals surface area contributed by atoms with Crippen LogP contribution in [0, 0.1) is 5.82 Å². The molecule has 1 amide bonds. The molecule has 2 aromatic carbocycles. The van der Waals surface area contributed by atoms with Crippen LogP contribution < -0.4 is 4.31 Å². The molecule has 0 radical (unpaired) electrons. The zero-order valence-corrected chi connectivity index (χ0v) is 20.5. The summed E-state index contributed by atoms with van der Waals surface area (Å²) in [7, 11) is -4.13. The Morgan fingerprint density at radius 2 is 1.73 bits per heavy atom. The fraction of sp³-hybridized carbons (Fsp3) is 0.348. The summed E-state index contributed by atoms with van der Waals surface area (Å²) in [5, 5.41) is 6.24. The van der Waals surface area contributed by atoms with Crippen molar-refractivity contribution in [3.63, 3.8) is 0 Å². The van der Waals surface area contributed by atoms with E-state index in [1.54, 1.807) is 42.2 Å². The lowest BCUT2D eigenvalue weighted by molar-refractivity contribution is -0.157. The smallest absolute Gasteiger partial charge is 0.413 e. The summed E-state index contributed by atoms with van der Waals surface area (Å²) in [6.07, 6.45) is -4.52. The van der Waals surface area contributed by atoms with Gasteiger partial charge in [-0.2, -0.15) is 25.9 Å². The average Bonchev–Trinajstić information content (AvgIpc) is 3.39. The van der Waals surface area contributed by atoms with Crippen LogP contribution in [0.25, 0.3) is 11.5 Å². The summed E-state index contributed by atoms with van der Waals surface area (Å²) in [5.41, 5.74) is 0.186. The highest BCUT2D eigenvalue weighted by atomic mass is 32.2. The molecule has 37 heavy (non-hydrogen) atoms. The maximum absolute atomic E-state index is 15.1. The van der Waals surface area contributed by atoms with Crippen molar-refractivity contribution in [2.75, 3.05) is 30.5 Å². The molecule has 0 atom stereocenters. The van der Waals surface area contributed by atoms with Gasteiger partial charge in [-0.3, -0.25) is 9.10 Å². The van der Waals surface area contributed by atoms with Gasteiger partial charge in [0, 0.05) is 43.7 Å². The normalized spacial score (nSPS) is 15.1. The summed E-state index contributed by atoms with van der Waals surface area (Å²) < 4.78 is 87.5. The number of halogens is 4. The van der Waals surface area contributed by atoms with Gasteiger partial charge in [-0.15, -0.1) is 10.2 Å². The predicted octanol–water partition coefficient (Wildman–Crippen LogP) is 3.70. The number of rotatable bonds is 7. The number of para-hydroxylation sites is 1. The Morgan fingerprint density at radius 1 is 1.05 bits per heavy atom. The van der Waals surface area contributed by atoms with Gasteiger partial charge in [-0.25, -0.2) is 4.39 Å². The van der Waals surface area contributed by atoms with E-state index in [9.17, 15) is 26.4 Å². The minimum absolute atomic E-state index is 0.0217. The Labute approximate surface area is 210 Å². The summed E-state index contributed by atoms with van der Waals surface area (Å²) in [6.45, 7) is 1.98. The van der Waals surface area contributed by atoms with Gasteiger partial charge in [0.25, 0.3) is 0 Å². The Hall–Kier alpha value is -3.52. The highest BCUT2D eigenvalue weighted by Gasteiger charge is 2.38. The molecule has 2 heterocycles. The third-order valence-corrected chi connectivity index (χ3v) is 7.74. The van der Waals surface area contributed by atoms with E-state index in [1.165, 1.54) is 16.4 Å². The van der Waals surface area contributed by atoms with Crippen molar-refractivity contribution in [1.82, 2.24) is 19.4 Å². The molecule has 1 aliphatic heterocycles. The van der Waals surface area contributed by atoms with Gasteiger partial charge >= 0.3 is 22.3 Å². The van der Waals surface area contributed by atoms with Crippen LogP contribution in [-0.2, 0) is 27.7 Å². The number of nitrogens with zero attached hydrogens (tertiary/aromatic N) is 5. The molecule has 1 fully saturated rings. The molecule has 0 aliphatic carbocycles. The van der Waals surface area contributed by atoms with Gasteiger partial charge < -0.3 is 9.32 Å². The first kappa shape index (κ1) is 26.5. The number of carbonyl (C=O) groups excluding carboxylic acids is 1. The van der Waals surface area contributed by atoms with Gasteiger partial charge in [-0.05, 0) is 24.3 Å². The summed E-state index contributed by atoms with van der Waals surface area (Å²) in [6, 6.07) is 11.6. The Bertz CT molecular complexity index is 1360. The number of benzene rings is 2. The van der Waals surface area contributed by atoms with E-state index < -0.39 is 34.0 Å². The molecule has 3 aromatic rings. The van der Waals surface area contributed by atoms with Crippen LogP contribution in [0.3, 0.4) is 0 Å². The molecule has 0 bridgehead atoms. The number of hydrogen-bond acceptors (Lipinski definition) is 6. The number of anilines is 1. The summed E-state index contributed by atoms with van der Waals surface area (Å²) in [5.74, 6) is -3.01. The zero-order chi connectivity index (χ0) is 26.8. The summed E-state index contributed by atoms with van der Waals surface area (Å²) in [4.78, 5) is 13.6. The second-order valence-electron chi connectivity index (χ2n) is 8.20. The highest BCUT2D eigenvalue weighted by molar-refractivity contribution is 7.90. The van der Waals surface area contributed by atoms with E-state index in [1.807, 2.05) is 0 Å². The number of aromatic nitrogens is 2. The van der Waals surface area contributed by atoms with Crippen molar-refractivity contribution in [3.8, 4) is 11.5 Å². The van der Waals surface area contributed by atoms with Crippen LogP contribution in [0.2, 0.25) is 0 Å². The molecule has 4 rings (SSSR count). The molecule has 0 saturated carbocycles. The lowest BCUT2D eigenvalue weighted by Crippen LogP contribution is -2.54. The lowest BCUT2D eigenvalue weighted by Gasteiger charge is -2.37. The fourth-order valence-corrected chi connectivity index (χ4v) is 5.44. The first-order valence-electron chi connectivity index (χ1n) is 11.3. The molecule has 198 valence electrons. The predicted molar refractivity (Wildman–Crippen MR) is 125 cm³/mol. The van der Waals surface area contributed by atoms with Gasteiger partial charge in [0.15, 0.2) is 0 Å². The quantitative estimate of drug-likeness (QED) is 0.423. The molecule has 0 spiro atoms. The van der Waals surface area contributed by atoms with E-state index in [-0.39, 0.29) is 49.8 Å². The average molecular weight is 542 g/mol. The van der Waals surface area contributed by atoms with Crippen LogP contribution in [0.5, 0.6) is 0 Å². The van der Waals surface area contributed by atoms with Crippen molar-refractivity contribution in [2.45, 2.75) is 26.1 Å². The molecular weight excluding hydrogens is 518 g/mol. The van der Waals surface area contributed by atoms with Crippen LogP contribution in [0.1, 0.15) is 24.8 Å². The topological polar surface area (TPSA) is 99.9 Å². The lowest BCUT2D eigenvalue weighted by atomic mass is 10.1. The second-order valence-corrected chi connectivity index (χ2v) is 10.1. The molecule has 0 unspecified atom stereocenters. The third kappa shape index (κ3) is 5.74. The van der Waals surface area contributed by atoms with Crippen molar-refractivity contribution >= 4 is 21.8 Å². The first-order chi connectivity index (χ1) is 17.5. The maximum Gasteiger partial charge on any atom is 0.470 e. The summed E-state index contributed by atoms with van der Waals surface area (Å²) >= 11 is 0. The molecule has 9 nitrogen and oxygen atoms in total. The molecule has 1 aliphatic rings. The van der Waals surface area contributed by atoms with Crippen LogP contribution in [0.4, 0.5) is 23.2 Å². The van der Waals surface area contributed by atoms with Gasteiger partial charge in [0.05, 0.1) is 12.2 Å². The molecular formula is C23H23F4N5O4S. The monoisotopic (exact) mass is 541 g/mol. The van der Waals surface area contributed by atoms with Crippen molar-refractivity contribution < 1.29 is 35.2 Å². The number of piperazine rings is 1.